The van der Waals surface area contributed by atoms with Gasteiger partial charge in [-0.05, 0) is 30.9 Å². The molecular weight excluding hydrogens is 246 g/mol. The summed E-state index contributed by atoms with van der Waals surface area (Å²) in [5, 5.41) is -0.456. The third kappa shape index (κ3) is 4.42. The maximum Gasteiger partial charge on any atom is 0.157 e. The van der Waals surface area contributed by atoms with Crippen LogP contribution in [-0.4, -0.2) is 20.7 Å². The number of benzene rings is 1. The standard InChI is InChI=1S/C14H23NO2S/c1-12(2)9-11-18(16,17)14(8-10-15)13-6-4-3-5-7-13/h3-7,12,14H,8-11,15H2,1-2H3. The third-order valence-electron chi connectivity index (χ3n) is 3.01. The van der Waals surface area contributed by atoms with Gasteiger partial charge in [0.05, 0.1) is 11.0 Å². The first-order valence-electron chi connectivity index (χ1n) is 6.44. The summed E-state index contributed by atoms with van der Waals surface area (Å²) in [6.07, 6.45) is 1.20. The summed E-state index contributed by atoms with van der Waals surface area (Å²) in [7, 11) is -3.11. The van der Waals surface area contributed by atoms with Crippen molar-refractivity contribution in [2.24, 2.45) is 11.7 Å². The average molecular weight is 269 g/mol. The topological polar surface area (TPSA) is 60.2 Å². The summed E-state index contributed by atoms with van der Waals surface area (Å²) in [4.78, 5) is 0. The van der Waals surface area contributed by atoms with Crippen molar-refractivity contribution in [3.8, 4) is 0 Å². The highest BCUT2D eigenvalue weighted by molar-refractivity contribution is 7.91. The van der Waals surface area contributed by atoms with E-state index < -0.39 is 15.1 Å². The van der Waals surface area contributed by atoms with E-state index in [0.29, 0.717) is 25.3 Å². The van der Waals surface area contributed by atoms with E-state index in [1.807, 2.05) is 44.2 Å². The summed E-state index contributed by atoms with van der Waals surface area (Å²) < 4.78 is 24.7. The van der Waals surface area contributed by atoms with Gasteiger partial charge < -0.3 is 5.73 Å². The number of hydrogen-bond donors (Lipinski definition) is 1. The number of rotatable bonds is 7. The minimum absolute atomic E-state index is 0.240. The zero-order valence-corrected chi connectivity index (χ0v) is 12.0. The fourth-order valence-electron chi connectivity index (χ4n) is 1.91. The number of sulfone groups is 1. The minimum Gasteiger partial charge on any atom is -0.330 e. The predicted molar refractivity (Wildman–Crippen MR) is 76.1 cm³/mol. The summed E-state index contributed by atoms with van der Waals surface area (Å²) in [5.74, 6) is 0.638. The van der Waals surface area contributed by atoms with Crippen LogP contribution in [0.25, 0.3) is 0 Å². The monoisotopic (exact) mass is 269 g/mol. The zero-order chi connectivity index (χ0) is 13.6. The fourth-order valence-corrected chi connectivity index (χ4v) is 4.07. The van der Waals surface area contributed by atoms with Crippen LogP contribution >= 0.6 is 0 Å². The van der Waals surface area contributed by atoms with E-state index in [4.69, 9.17) is 5.73 Å². The number of hydrogen-bond acceptors (Lipinski definition) is 3. The van der Waals surface area contributed by atoms with Crippen LogP contribution in [0.5, 0.6) is 0 Å². The highest BCUT2D eigenvalue weighted by Gasteiger charge is 2.26. The van der Waals surface area contributed by atoms with E-state index in [0.717, 1.165) is 5.56 Å². The van der Waals surface area contributed by atoms with Gasteiger partial charge in [0.2, 0.25) is 0 Å². The van der Waals surface area contributed by atoms with Gasteiger partial charge in [-0.1, -0.05) is 44.2 Å². The van der Waals surface area contributed by atoms with E-state index in [2.05, 4.69) is 0 Å². The molecule has 0 spiro atoms. The van der Waals surface area contributed by atoms with Crippen LogP contribution in [0.3, 0.4) is 0 Å². The quantitative estimate of drug-likeness (QED) is 0.827. The normalized spacial score (nSPS) is 13.8. The first kappa shape index (κ1) is 15.2. The Labute approximate surface area is 110 Å². The van der Waals surface area contributed by atoms with E-state index in [1.54, 1.807) is 0 Å². The largest absolute Gasteiger partial charge is 0.330 e. The minimum atomic E-state index is -3.11. The number of nitrogens with two attached hydrogens (primary N) is 1. The molecule has 0 saturated carbocycles. The van der Waals surface area contributed by atoms with Gasteiger partial charge in [-0.3, -0.25) is 0 Å². The van der Waals surface area contributed by atoms with Crippen LogP contribution in [0.4, 0.5) is 0 Å². The summed E-state index contributed by atoms with van der Waals surface area (Å²) in [5.41, 5.74) is 6.41. The molecule has 1 atom stereocenters. The first-order valence-corrected chi connectivity index (χ1v) is 8.15. The SMILES string of the molecule is CC(C)CCS(=O)(=O)C(CCN)c1ccccc1. The molecule has 0 saturated heterocycles. The lowest BCUT2D eigenvalue weighted by atomic mass is 10.1. The van der Waals surface area contributed by atoms with E-state index in [1.165, 1.54) is 0 Å². The first-order chi connectivity index (χ1) is 8.47. The highest BCUT2D eigenvalue weighted by atomic mass is 32.2. The molecule has 4 heteroatoms. The molecule has 0 bridgehead atoms. The van der Waals surface area contributed by atoms with Gasteiger partial charge in [0.25, 0.3) is 0 Å². The smallest absolute Gasteiger partial charge is 0.157 e. The molecule has 0 fully saturated rings. The van der Waals surface area contributed by atoms with Crippen molar-refractivity contribution in [2.75, 3.05) is 12.3 Å². The van der Waals surface area contributed by atoms with Crippen LogP contribution < -0.4 is 5.73 Å². The summed E-state index contributed by atoms with van der Waals surface area (Å²) in [6, 6.07) is 9.37. The molecule has 0 amide bonds. The van der Waals surface area contributed by atoms with Gasteiger partial charge >= 0.3 is 0 Å². The van der Waals surface area contributed by atoms with Gasteiger partial charge in [-0.2, -0.15) is 0 Å². The van der Waals surface area contributed by atoms with Crippen LogP contribution in [0.1, 0.15) is 37.5 Å². The maximum absolute atomic E-state index is 12.4. The fraction of sp³-hybridized carbons (Fsp3) is 0.571. The van der Waals surface area contributed by atoms with Crippen LogP contribution in [0, 0.1) is 5.92 Å². The molecule has 3 nitrogen and oxygen atoms in total. The molecule has 0 aliphatic rings. The Morgan fingerprint density at radius 3 is 2.22 bits per heavy atom. The molecule has 1 aromatic carbocycles. The summed E-state index contributed by atoms with van der Waals surface area (Å²) >= 11 is 0. The van der Waals surface area contributed by atoms with Crippen molar-refractivity contribution in [2.45, 2.75) is 31.9 Å². The van der Waals surface area contributed by atoms with Crippen molar-refractivity contribution in [1.29, 1.82) is 0 Å². The Bertz CT molecular complexity index is 440. The molecule has 102 valence electrons. The lowest BCUT2D eigenvalue weighted by Crippen LogP contribution is -2.21. The Kier molecular flexibility index (Phi) is 5.82. The Morgan fingerprint density at radius 1 is 1.11 bits per heavy atom. The molecule has 1 unspecified atom stereocenters. The van der Waals surface area contributed by atoms with E-state index in [-0.39, 0.29) is 5.75 Å². The van der Waals surface area contributed by atoms with E-state index >= 15 is 0 Å². The lowest BCUT2D eigenvalue weighted by molar-refractivity contribution is 0.557. The molecule has 0 aliphatic heterocycles. The lowest BCUT2D eigenvalue weighted by Gasteiger charge is -2.18. The molecule has 0 aromatic heterocycles. The molecule has 0 aliphatic carbocycles. The Hall–Kier alpha value is -0.870. The molecule has 0 radical (unpaired) electrons. The molecule has 0 heterocycles. The van der Waals surface area contributed by atoms with Crippen LogP contribution in [0.2, 0.25) is 0 Å². The van der Waals surface area contributed by atoms with Gasteiger partial charge in [0.15, 0.2) is 9.84 Å². The molecule has 1 aromatic rings. The maximum atomic E-state index is 12.4. The van der Waals surface area contributed by atoms with Gasteiger partial charge in [-0.25, -0.2) is 8.42 Å². The van der Waals surface area contributed by atoms with Crippen molar-refractivity contribution in [3.63, 3.8) is 0 Å². The Balaban J connectivity index is 2.91. The van der Waals surface area contributed by atoms with Crippen molar-refractivity contribution >= 4 is 9.84 Å². The Morgan fingerprint density at radius 2 is 1.72 bits per heavy atom. The zero-order valence-electron chi connectivity index (χ0n) is 11.2. The van der Waals surface area contributed by atoms with Gasteiger partial charge in [0, 0.05) is 0 Å². The highest BCUT2D eigenvalue weighted by Crippen LogP contribution is 2.27. The van der Waals surface area contributed by atoms with Crippen LogP contribution in [-0.2, 0) is 9.84 Å². The second-order valence-electron chi connectivity index (χ2n) is 5.03. The second kappa shape index (κ2) is 6.90. The van der Waals surface area contributed by atoms with E-state index in [9.17, 15) is 8.42 Å². The average Bonchev–Trinajstić information content (AvgIpc) is 2.34. The summed E-state index contributed by atoms with van der Waals surface area (Å²) in [6.45, 7) is 4.46. The van der Waals surface area contributed by atoms with Crippen molar-refractivity contribution < 1.29 is 8.42 Å². The second-order valence-corrected chi connectivity index (χ2v) is 7.33. The van der Waals surface area contributed by atoms with Crippen molar-refractivity contribution in [1.82, 2.24) is 0 Å². The van der Waals surface area contributed by atoms with Crippen LogP contribution in [0.15, 0.2) is 30.3 Å². The van der Waals surface area contributed by atoms with Gasteiger partial charge in [-0.15, -0.1) is 0 Å². The predicted octanol–water partition coefficient (Wildman–Crippen LogP) is 2.54. The molecule has 1 rings (SSSR count). The third-order valence-corrected chi connectivity index (χ3v) is 5.19. The molecule has 18 heavy (non-hydrogen) atoms. The van der Waals surface area contributed by atoms with Gasteiger partial charge in [0.1, 0.15) is 0 Å². The molecular formula is C14H23NO2S. The van der Waals surface area contributed by atoms with Crippen molar-refractivity contribution in [3.05, 3.63) is 35.9 Å². The molecule has 2 N–H and O–H groups in total.